The van der Waals surface area contributed by atoms with Gasteiger partial charge in [-0.25, -0.2) is 0 Å². The summed E-state index contributed by atoms with van der Waals surface area (Å²) in [5, 5.41) is 12.3. The second kappa shape index (κ2) is 4.75. The fourth-order valence-corrected chi connectivity index (χ4v) is 2.00. The lowest BCUT2D eigenvalue weighted by Crippen LogP contribution is -2.47. The van der Waals surface area contributed by atoms with Crippen LogP contribution in [0.5, 0.6) is 5.75 Å². The summed E-state index contributed by atoms with van der Waals surface area (Å²) < 4.78 is 5.28. The zero-order chi connectivity index (χ0) is 12.3. The maximum atomic E-state index is 11.8. The fraction of sp³-hybridized carbons (Fsp3) is 0.462. The van der Waals surface area contributed by atoms with Crippen molar-refractivity contribution in [3.63, 3.8) is 0 Å². The number of hydrogen-bond acceptors (Lipinski definition) is 3. The van der Waals surface area contributed by atoms with Crippen molar-refractivity contribution in [2.75, 3.05) is 13.2 Å². The number of aromatic hydroxyl groups is 1. The second-order valence-corrected chi connectivity index (χ2v) is 4.76. The fourth-order valence-electron chi connectivity index (χ4n) is 2.00. The average Bonchev–Trinajstić information content (AvgIpc) is 2.64. The zero-order valence-electron chi connectivity index (χ0n) is 9.90. The summed E-state index contributed by atoms with van der Waals surface area (Å²) in [5.74, 6) is 0.148. The van der Waals surface area contributed by atoms with Gasteiger partial charge >= 0.3 is 0 Å². The van der Waals surface area contributed by atoms with Crippen LogP contribution in [-0.2, 0) is 16.0 Å². The van der Waals surface area contributed by atoms with Gasteiger partial charge in [0.15, 0.2) is 0 Å². The Hall–Kier alpha value is -1.55. The van der Waals surface area contributed by atoms with Crippen LogP contribution in [-0.4, -0.2) is 29.8 Å². The standard InChI is InChI=1S/C13H17NO3/c1-13(5-6-17-9-13)14-12(16)8-10-3-2-4-11(15)7-10/h2-4,7,15H,5-6,8-9H2,1H3,(H,14,16). The molecule has 0 saturated carbocycles. The van der Waals surface area contributed by atoms with Crippen LogP contribution in [0.4, 0.5) is 0 Å². The van der Waals surface area contributed by atoms with E-state index in [1.165, 1.54) is 0 Å². The van der Waals surface area contributed by atoms with Crippen LogP contribution in [0.25, 0.3) is 0 Å². The SMILES string of the molecule is CC1(NC(=O)Cc2cccc(O)c2)CCOC1. The first-order valence-corrected chi connectivity index (χ1v) is 5.74. The molecule has 1 amide bonds. The molecule has 1 aromatic rings. The van der Waals surface area contributed by atoms with E-state index in [9.17, 15) is 9.90 Å². The molecule has 0 aromatic heterocycles. The summed E-state index contributed by atoms with van der Waals surface area (Å²) in [4.78, 5) is 11.8. The number of ether oxygens (including phenoxy) is 1. The molecule has 1 unspecified atom stereocenters. The van der Waals surface area contributed by atoms with Crippen LogP contribution in [0.15, 0.2) is 24.3 Å². The Kier molecular flexibility index (Phi) is 3.33. The Morgan fingerprint density at radius 1 is 1.59 bits per heavy atom. The van der Waals surface area contributed by atoms with E-state index in [0.717, 1.165) is 12.0 Å². The predicted molar refractivity (Wildman–Crippen MR) is 63.8 cm³/mol. The van der Waals surface area contributed by atoms with Gasteiger partial charge in [-0.05, 0) is 31.0 Å². The molecule has 92 valence electrons. The highest BCUT2D eigenvalue weighted by molar-refractivity contribution is 5.79. The minimum absolute atomic E-state index is 0.0383. The molecule has 1 aromatic carbocycles. The first kappa shape index (κ1) is 11.9. The quantitative estimate of drug-likeness (QED) is 0.828. The number of benzene rings is 1. The zero-order valence-corrected chi connectivity index (χ0v) is 9.90. The van der Waals surface area contributed by atoms with Crippen LogP contribution in [0.3, 0.4) is 0 Å². The van der Waals surface area contributed by atoms with E-state index in [4.69, 9.17) is 4.74 Å². The van der Waals surface area contributed by atoms with Gasteiger partial charge in [0.2, 0.25) is 5.91 Å². The van der Waals surface area contributed by atoms with Crippen molar-refractivity contribution < 1.29 is 14.6 Å². The van der Waals surface area contributed by atoms with E-state index in [1.807, 2.05) is 13.0 Å². The van der Waals surface area contributed by atoms with Gasteiger partial charge in [-0.2, -0.15) is 0 Å². The molecule has 4 heteroatoms. The molecule has 1 heterocycles. The second-order valence-electron chi connectivity index (χ2n) is 4.76. The van der Waals surface area contributed by atoms with E-state index in [0.29, 0.717) is 13.2 Å². The van der Waals surface area contributed by atoms with E-state index >= 15 is 0 Å². The van der Waals surface area contributed by atoms with Crippen molar-refractivity contribution in [2.45, 2.75) is 25.3 Å². The van der Waals surface area contributed by atoms with Crippen LogP contribution >= 0.6 is 0 Å². The summed E-state index contributed by atoms with van der Waals surface area (Å²) in [5.41, 5.74) is 0.568. The van der Waals surface area contributed by atoms with Crippen molar-refractivity contribution in [1.29, 1.82) is 0 Å². The maximum absolute atomic E-state index is 11.8. The molecule has 1 saturated heterocycles. The third kappa shape index (κ3) is 3.20. The Bertz CT molecular complexity index is 411. The molecule has 0 spiro atoms. The highest BCUT2D eigenvalue weighted by atomic mass is 16.5. The number of phenols is 1. The van der Waals surface area contributed by atoms with Gasteiger partial charge in [0.25, 0.3) is 0 Å². The third-order valence-electron chi connectivity index (χ3n) is 2.94. The molecule has 1 atom stereocenters. The molecular weight excluding hydrogens is 218 g/mol. The van der Waals surface area contributed by atoms with Gasteiger partial charge in [0.1, 0.15) is 5.75 Å². The number of carbonyl (C=O) groups is 1. The molecule has 17 heavy (non-hydrogen) atoms. The van der Waals surface area contributed by atoms with Gasteiger partial charge in [-0.3, -0.25) is 4.79 Å². The molecule has 2 rings (SSSR count). The van der Waals surface area contributed by atoms with Crippen molar-refractivity contribution in [3.8, 4) is 5.75 Å². The molecule has 0 radical (unpaired) electrons. The lowest BCUT2D eigenvalue weighted by molar-refractivity contribution is -0.122. The largest absolute Gasteiger partial charge is 0.508 e. The predicted octanol–water partition coefficient (Wildman–Crippen LogP) is 1.23. The van der Waals surface area contributed by atoms with E-state index < -0.39 is 0 Å². The summed E-state index contributed by atoms with van der Waals surface area (Å²) in [6.45, 7) is 3.25. The number of hydrogen-bond donors (Lipinski definition) is 2. The molecule has 1 fully saturated rings. The third-order valence-corrected chi connectivity index (χ3v) is 2.94. The summed E-state index contributed by atoms with van der Waals surface area (Å²) >= 11 is 0. The van der Waals surface area contributed by atoms with Crippen molar-refractivity contribution >= 4 is 5.91 Å². The Labute approximate surface area is 101 Å². The van der Waals surface area contributed by atoms with Crippen LogP contribution in [0, 0.1) is 0 Å². The molecular formula is C13H17NO3. The monoisotopic (exact) mass is 235 g/mol. The first-order chi connectivity index (χ1) is 8.07. The summed E-state index contributed by atoms with van der Waals surface area (Å²) in [6, 6.07) is 6.76. The van der Waals surface area contributed by atoms with Gasteiger partial charge < -0.3 is 15.2 Å². The number of rotatable bonds is 3. The summed E-state index contributed by atoms with van der Waals surface area (Å²) in [7, 11) is 0. The molecule has 1 aliphatic rings. The maximum Gasteiger partial charge on any atom is 0.224 e. The number of carbonyl (C=O) groups excluding carboxylic acids is 1. The minimum Gasteiger partial charge on any atom is -0.508 e. The van der Waals surface area contributed by atoms with Gasteiger partial charge in [0.05, 0.1) is 18.6 Å². The van der Waals surface area contributed by atoms with E-state index in [-0.39, 0.29) is 23.6 Å². The molecule has 0 aliphatic carbocycles. The van der Waals surface area contributed by atoms with Crippen LogP contribution in [0.2, 0.25) is 0 Å². The Morgan fingerprint density at radius 3 is 3.06 bits per heavy atom. The average molecular weight is 235 g/mol. The molecule has 2 N–H and O–H groups in total. The molecule has 4 nitrogen and oxygen atoms in total. The lowest BCUT2D eigenvalue weighted by atomic mass is 10.0. The smallest absolute Gasteiger partial charge is 0.224 e. The van der Waals surface area contributed by atoms with Gasteiger partial charge in [0, 0.05) is 6.61 Å². The van der Waals surface area contributed by atoms with Crippen molar-refractivity contribution in [3.05, 3.63) is 29.8 Å². The highest BCUT2D eigenvalue weighted by Crippen LogP contribution is 2.18. The topological polar surface area (TPSA) is 58.6 Å². The number of amides is 1. The Balaban J connectivity index is 1.93. The number of phenolic OH excluding ortho intramolecular Hbond substituents is 1. The van der Waals surface area contributed by atoms with Crippen LogP contribution in [0.1, 0.15) is 18.9 Å². The van der Waals surface area contributed by atoms with Crippen molar-refractivity contribution in [2.24, 2.45) is 0 Å². The van der Waals surface area contributed by atoms with Crippen LogP contribution < -0.4 is 5.32 Å². The minimum atomic E-state index is -0.242. The summed E-state index contributed by atoms with van der Waals surface area (Å²) in [6.07, 6.45) is 1.13. The lowest BCUT2D eigenvalue weighted by Gasteiger charge is -2.23. The van der Waals surface area contributed by atoms with Crippen molar-refractivity contribution in [1.82, 2.24) is 5.32 Å². The van der Waals surface area contributed by atoms with E-state index in [1.54, 1.807) is 18.2 Å². The molecule has 0 bridgehead atoms. The van der Waals surface area contributed by atoms with E-state index in [2.05, 4.69) is 5.32 Å². The van der Waals surface area contributed by atoms with Gasteiger partial charge in [-0.1, -0.05) is 12.1 Å². The highest BCUT2D eigenvalue weighted by Gasteiger charge is 2.30. The first-order valence-electron chi connectivity index (χ1n) is 5.74. The van der Waals surface area contributed by atoms with Gasteiger partial charge in [-0.15, -0.1) is 0 Å². The Morgan fingerprint density at radius 2 is 2.41 bits per heavy atom. The molecule has 1 aliphatic heterocycles. The number of nitrogens with one attached hydrogen (secondary N) is 1. The normalized spacial score (nSPS) is 23.6.